The molecule has 2 aromatic rings. The van der Waals surface area contributed by atoms with Crippen LogP contribution in [0.4, 0.5) is 0 Å². The summed E-state index contributed by atoms with van der Waals surface area (Å²) in [7, 11) is 1.66. The van der Waals surface area contributed by atoms with E-state index in [2.05, 4.69) is 23.3 Å². The van der Waals surface area contributed by atoms with Gasteiger partial charge in [-0.2, -0.15) is 0 Å². The topological polar surface area (TPSA) is 47.3 Å². The first-order chi connectivity index (χ1) is 9.17. The van der Waals surface area contributed by atoms with Crippen molar-refractivity contribution in [3.8, 4) is 5.75 Å². The fourth-order valence-electron chi connectivity index (χ4n) is 2.29. The Bertz CT molecular complexity index is 549. The van der Waals surface area contributed by atoms with Gasteiger partial charge < -0.3 is 14.5 Å². The fourth-order valence-corrected chi connectivity index (χ4v) is 2.29. The number of aromatic nitrogens is 1. The second-order valence-electron chi connectivity index (χ2n) is 4.45. The molecule has 4 nitrogen and oxygen atoms in total. The zero-order valence-corrected chi connectivity index (χ0v) is 11.9. The zero-order valence-electron chi connectivity index (χ0n) is 11.9. The van der Waals surface area contributed by atoms with Gasteiger partial charge in [0.25, 0.3) is 0 Å². The number of nitrogens with zero attached hydrogens (tertiary/aromatic N) is 1. The minimum atomic E-state index is -0.0152. The third-order valence-electron chi connectivity index (χ3n) is 3.09. The summed E-state index contributed by atoms with van der Waals surface area (Å²) >= 11 is 0. The number of hydrogen-bond acceptors (Lipinski definition) is 4. The van der Waals surface area contributed by atoms with Gasteiger partial charge in [-0.05, 0) is 38.6 Å². The van der Waals surface area contributed by atoms with Gasteiger partial charge in [0.2, 0.25) is 0 Å². The van der Waals surface area contributed by atoms with Crippen LogP contribution >= 0.6 is 0 Å². The van der Waals surface area contributed by atoms with E-state index in [9.17, 15) is 0 Å². The van der Waals surface area contributed by atoms with Crippen molar-refractivity contribution in [2.24, 2.45) is 0 Å². The van der Waals surface area contributed by atoms with Crippen LogP contribution in [0.15, 0.2) is 28.8 Å². The molecule has 0 saturated heterocycles. The Morgan fingerprint density at radius 3 is 2.79 bits per heavy atom. The Kier molecular flexibility index (Phi) is 4.22. The van der Waals surface area contributed by atoms with Crippen molar-refractivity contribution in [2.45, 2.75) is 26.8 Å². The summed E-state index contributed by atoms with van der Waals surface area (Å²) in [6, 6.07) is 5.84. The van der Waals surface area contributed by atoms with Crippen LogP contribution in [-0.2, 0) is 0 Å². The maximum Gasteiger partial charge on any atom is 0.142 e. The van der Waals surface area contributed by atoms with Crippen molar-refractivity contribution >= 4 is 0 Å². The summed E-state index contributed by atoms with van der Waals surface area (Å²) in [6.45, 7) is 6.84. The van der Waals surface area contributed by atoms with Gasteiger partial charge in [0.05, 0.1) is 13.2 Å². The van der Waals surface area contributed by atoms with E-state index in [0.717, 1.165) is 35.1 Å². The van der Waals surface area contributed by atoms with E-state index in [4.69, 9.17) is 9.15 Å². The molecular weight excluding hydrogens is 240 g/mol. The SMILES string of the molecule is CCNC(c1cc(C)oc1C)c1ncccc1OC. The first kappa shape index (κ1) is 13.6. The van der Waals surface area contributed by atoms with Crippen molar-refractivity contribution < 1.29 is 9.15 Å². The van der Waals surface area contributed by atoms with Crippen molar-refractivity contribution in [3.63, 3.8) is 0 Å². The quantitative estimate of drug-likeness (QED) is 0.897. The number of pyridine rings is 1. The summed E-state index contributed by atoms with van der Waals surface area (Å²) in [5.41, 5.74) is 1.99. The van der Waals surface area contributed by atoms with E-state index in [0.29, 0.717) is 0 Å². The van der Waals surface area contributed by atoms with Gasteiger partial charge >= 0.3 is 0 Å². The first-order valence-corrected chi connectivity index (χ1v) is 6.46. The van der Waals surface area contributed by atoms with Gasteiger partial charge in [-0.3, -0.25) is 4.98 Å². The van der Waals surface area contributed by atoms with Crippen molar-refractivity contribution in [1.29, 1.82) is 0 Å². The van der Waals surface area contributed by atoms with E-state index in [-0.39, 0.29) is 6.04 Å². The Morgan fingerprint density at radius 1 is 1.42 bits per heavy atom. The lowest BCUT2D eigenvalue weighted by atomic mass is 10.0. The number of aryl methyl sites for hydroxylation is 2. The number of furan rings is 1. The maximum absolute atomic E-state index is 5.63. The minimum Gasteiger partial charge on any atom is -0.495 e. The lowest BCUT2D eigenvalue weighted by Gasteiger charge is -2.19. The highest BCUT2D eigenvalue weighted by Gasteiger charge is 2.22. The monoisotopic (exact) mass is 260 g/mol. The van der Waals surface area contributed by atoms with E-state index >= 15 is 0 Å². The minimum absolute atomic E-state index is 0.0152. The molecular formula is C15H20N2O2. The van der Waals surface area contributed by atoms with Crippen LogP contribution in [0.1, 0.15) is 35.7 Å². The van der Waals surface area contributed by atoms with Crippen molar-refractivity contribution in [3.05, 3.63) is 47.2 Å². The summed E-state index contributed by atoms with van der Waals surface area (Å²) in [5.74, 6) is 2.60. The highest BCUT2D eigenvalue weighted by molar-refractivity contribution is 5.38. The number of methoxy groups -OCH3 is 1. The van der Waals surface area contributed by atoms with Crippen LogP contribution in [0.2, 0.25) is 0 Å². The van der Waals surface area contributed by atoms with Gasteiger partial charge in [0.1, 0.15) is 23.0 Å². The second kappa shape index (κ2) is 5.89. The molecule has 1 unspecified atom stereocenters. The molecule has 0 aromatic carbocycles. The van der Waals surface area contributed by atoms with Crippen LogP contribution in [-0.4, -0.2) is 18.6 Å². The first-order valence-electron chi connectivity index (χ1n) is 6.46. The smallest absolute Gasteiger partial charge is 0.142 e. The summed E-state index contributed by atoms with van der Waals surface area (Å²) in [6.07, 6.45) is 1.78. The molecule has 0 aliphatic rings. The van der Waals surface area contributed by atoms with Gasteiger partial charge in [0.15, 0.2) is 0 Å². The van der Waals surface area contributed by atoms with Crippen molar-refractivity contribution in [1.82, 2.24) is 10.3 Å². The molecule has 2 heterocycles. The largest absolute Gasteiger partial charge is 0.495 e. The molecule has 0 saturated carbocycles. The summed E-state index contributed by atoms with van der Waals surface area (Å²) in [5, 5.41) is 3.44. The molecule has 4 heteroatoms. The maximum atomic E-state index is 5.63. The highest BCUT2D eigenvalue weighted by atomic mass is 16.5. The summed E-state index contributed by atoms with van der Waals surface area (Å²) in [4.78, 5) is 4.47. The van der Waals surface area contributed by atoms with Crippen LogP contribution < -0.4 is 10.1 Å². The van der Waals surface area contributed by atoms with Crippen LogP contribution in [0.5, 0.6) is 5.75 Å². The average Bonchev–Trinajstić information content (AvgIpc) is 2.75. The normalized spacial score (nSPS) is 12.4. The third kappa shape index (κ3) is 2.79. The Balaban J connectivity index is 2.48. The number of nitrogens with one attached hydrogen (secondary N) is 1. The van der Waals surface area contributed by atoms with Gasteiger partial charge in [-0.1, -0.05) is 6.92 Å². The molecule has 0 spiro atoms. The highest BCUT2D eigenvalue weighted by Crippen LogP contribution is 2.31. The van der Waals surface area contributed by atoms with E-state index in [1.807, 2.05) is 26.0 Å². The fraction of sp³-hybridized carbons (Fsp3) is 0.400. The van der Waals surface area contributed by atoms with E-state index in [1.54, 1.807) is 13.3 Å². The predicted molar refractivity (Wildman–Crippen MR) is 74.5 cm³/mol. The van der Waals surface area contributed by atoms with E-state index in [1.165, 1.54) is 0 Å². The van der Waals surface area contributed by atoms with Crippen LogP contribution in [0, 0.1) is 13.8 Å². The molecule has 2 rings (SSSR count). The molecule has 0 amide bonds. The van der Waals surface area contributed by atoms with Gasteiger partial charge in [-0.15, -0.1) is 0 Å². The predicted octanol–water partition coefficient (Wildman–Crippen LogP) is 3.00. The molecule has 0 aliphatic heterocycles. The van der Waals surface area contributed by atoms with Gasteiger partial charge in [0, 0.05) is 11.8 Å². The lowest BCUT2D eigenvalue weighted by Crippen LogP contribution is -2.23. The van der Waals surface area contributed by atoms with Crippen molar-refractivity contribution in [2.75, 3.05) is 13.7 Å². The van der Waals surface area contributed by atoms with Crippen LogP contribution in [0.25, 0.3) is 0 Å². The number of ether oxygens (including phenoxy) is 1. The standard InChI is InChI=1S/C15H20N2O2/c1-5-16-14(12-9-10(2)19-11(12)3)15-13(18-4)7-6-8-17-15/h6-9,14,16H,5H2,1-4H3. The molecule has 19 heavy (non-hydrogen) atoms. The molecule has 2 aromatic heterocycles. The zero-order chi connectivity index (χ0) is 13.8. The molecule has 102 valence electrons. The number of rotatable bonds is 5. The molecule has 0 fully saturated rings. The van der Waals surface area contributed by atoms with E-state index < -0.39 is 0 Å². The molecule has 0 aliphatic carbocycles. The Hall–Kier alpha value is -1.81. The van der Waals surface area contributed by atoms with Crippen LogP contribution in [0.3, 0.4) is 0 Å². The third-order valence-corrected chi connectivity index (χ3v) is 3.09. The lowest BCUT2D eigenvalue weighted by molar-refractivity contribution is 0.399. The molecule has 1 N–H and O–H groups in total. The second-order valence-corrected chi connectivity index (χ2v) is 4.45. The summed E-state index contributed by atoms with van der Waals surface area (Å²) < 4.78 is 11.0. The Labute approximate surface area is 113 Å². The molecule has 0 bridgehead atoms. The molecule has 1 atom stereocenters. The molecule has 0 radical (unpaired) electrons. The average molecular weight is 260 g/mol. The van der Waals surface area contributed by atoms with Gasteiger partial charge in [-0.25, -0.2) is 0 Å². The number of hydrogen-bond donors (Lipinski definition) is 1. The Morgan fingerprint density at radius 2 is 2.21 bits per heavy atom.